The van der Waals surface area contributed by atoms with E-state index in [0.29, 0.717) is 28.8 Å². The fourth-order valence-corrected chi connectivity index (χ4v) is 2.07. The number of hydrogen-bond donors (Lipinski definition) is 1. The quantitative estimate of drug-likeness (QED) is 0.849. The molecule has 0 spiro atoms. The van der Waals surface area contributed by atoms with Crippen molar-refractivity contribution in [2.45, 2.75) is 20.3 Å². The molecular weight excluding hydrogens is 287 g/mol. The molecule has 1 N–H and O–H groups in total. The smallest absolute Gasteiger partial charge is 0.233 e. The molecule has 0 aliphatic carbocycles. The first-order valence-electron chi connectivity index (χ1n) is 6.00. The van der Waals surface area contributed by atoms with Gasteiger partial charge in [-0.05, 0) is 32.0 Å². The lowest BCUT2D eigenvalue weighted by molar-refractivity contribution is -0.134. The van der Waals surface area contributed by atoms with Gasteiger partial charge in [0.15, 0.2) is 0 Å². The average molecular weight is 303 g/mol. The summed E-state index contributed by atoms with van der Waals surface area (Å²) in [5, 5.41) is 3.43. The molecule has 2 amide bonds. The van der Waals surface area contributed by atoms with E-state index in [1.54, 1.807) is 17.0 Å². The van der Waals surface area contributed by atoms with E-state index >= 15 is 0 Å². The van der Waals surface area contributed by atoms with E-state index in [2.05, 4.69) is 5.32 Å². The summed E-state index contributed by atoms with van der Waals surface area (Å²) in [6.45, 7) is 4.92. The Morgan fingerprint density at radius 2 is 1.84 bits per heavy atom. The Morgan fingerprint density at radius 1 is 1.21 bits per heavy atom. The maximum absolute atomic E-state index is 11.8. The molecule has 104 valence electrons. The molecule has 0 unspecified atom stereocenters. The van der Waals surface area contributed by atoms with Gasteiger partial charge in [0, 0.05) is 18.1 Å². The molecule has 1 aromatic carbocycles. The highest BCUT2D eigenvalue weighted by Crippen LogP contribution is 2.25. The van der Waals surface area contributed by atoms with Crippen LogP contribution in [0.4, 0.5) is 5.69 Å². The number of anilines is 1. The number of nitrogens with one attached hydrogen (secondary N) is 1. The monoisotopic (exact) mass is 302 g/mol. The van der Waals surface area contributed by atoms with Gasteiger partial charge in [-0.25, -0.2) is 0 Å². The number of amides is 2. The van der Waals surface area contributed by atoms with Gasteiger partial charge < -0.3 is 10.2 Å². The Balaban J connectivity index is 2.63. The number of halogens is 2. The van der Waals surface area contributed by atoms with Crippen molar-refractivity contribution >= 4 is 40.7 Å². The molecule has 0 saturated heterocycles. The molecule has 0 heterocycles. The lowest BCUT2D eigenvalue weighted by atomic mass is 10.3. The number of hydrogen-bond acceptors (Lipinski definition) is 2. The summed E-state index contributed by atoms with van der Waals surface area (Å²) in [6.07, 6.45) is -0.194. The normalized spacial score (nSPS) is 10.1. The van der Waals surface area contributed by atoms with Gasteiger partial charge in [-0.3, -0.25) is 9.59 Å². The maximum atomic E-state index is 11.8. The number of rotatable bonds is 5. The van der Waals surface area contributed by atoms with Gasteiger partial charge in [-0.2, -0.15) is 0 Å². The van der Waals surface area contributed by atoms with Crippen LogP contribution in [0.1, 0.15) is 20.3 Å². The summed E-state index contributed by atoms with van der Waals surface area (Å²) >= 11 is 11.7. The van der Waals surface area contributed by atoms with E-state index in [4.69, 9.17) is 23.2 Å². The second-order valence-electron chi connectivity index (χ2n) is 3.92. The highest BCUT2D eigenvalue weighted by atomic mass is 35.5. The largest absolute Gasteiger partial charge is 0.343 e. The molecule has 1 rings (SSSR count). The fraction of sp³-hybridized carbons (Fsp3) is 0.385. The summed E-state index contributed by atoms with van der Waals surface area (Å²) in [5.41, 5.74) is 0.448. The molecule has 1 aromatic rings. The van der Waals surface area contributed by atoms with Gasteiger partial charge in [0.05, 0.1) is 10.7 Å². The number of benzene rings is 1. The van der Waals surface area contributed by atoms with Crippen molar-refractivity contribution in [3.63, 3.8) is 0 Å². The zero-order chi connectivity index (χ0) is 14.4. The van der Waals surface area contributed by atoms with E-state index < -0.39 is 0 Å². The van der Waals surface area contributed by atoms with Crippen LogP contribution in [0.2, 0.25) is 10.0 Å². The van der Waals surface area contributed by atoms with Crippen molar-refractivity contribution in [3.8, 4) is 0 Å². The van der Waals surface area contributed by atoms with Crippen LogP contribution in [0.15, 0.2) is 18.2 Å². The Morgan fingerprint density at radius 3 is 2.37 bits per heavy atom. The second kappa shape index (κ2) is 7.36. The third-order valence-corrected chi connectivity index (χ3v) is 3.18. The molecule has 0 atom stereocenters. The van der Waals surface area contributed by atoms with Gasteiger partial charge in [-0.1, -0.05) is 23.2 Å². The zero-order valence-corrected chi connectivity index (χ0v) is 12.4. The van der Waals surface area contributed by atoms with Crippen LogP contribution in [0.3, 0.4) is 0 Å². The summed E-state index contributed by atoms with van der Waals surface area (Å²) in [4.78, 5) is 25.1. The fourth-order valence-electron chi connectivity index (χ4n) is 1.61. The minimum atomic E-state index is -0.388. The van der Waals surface area contributed by atoms with Crippen LogP contribution in [-0.2, 0) is 9.59 Å². The molecule has 0 aromatic heterocycles. The van der Waals surface area contributed by atoms with Crippen molar-refractivity contribution in [2.24, 2.45) is 0 Å². The van der Waals surface area contributed by atoms with Crippen molar-refractivity contribution in [1.29, 1.82) is 0 Å². The Hall–Kier alpha value is -1.26. The Bertz CT molecular complexity index is 474. The van der Waals surface area contributed by atoms with E-state index in [-0.39, 0.29) is 18.2 Å². The molecule has 0 aliphatic rings. The molecule has 19 heavy (non-hydrogen) atoms. The highest BCUT2D eigenvalue weighted by Gasteiger charge is 2.15. The third-order valence-electron chi connectivity index (χ3n) is 2.63. The molecule has 6 heteroatoms. The third kappa shape index (κ3) is 4.73. The lowest BCUT2D eigenvalue weighted by Gasteiger charge is -2.18. The standard InChI is InChI=1S/C13H16Cl2N2O2/c1-3-17(4-2)13(19)8-12(18)16-11-6-5-9(14)7-10(11)15/h5-7H,3-4,8H2,1-2H3,(H,16,18). The van der Waals surface area contributed by atoms with Gasteiger partial charge in [0.25, 0.3) is 0 Å². The molecule has 0 aliphatic heterocycles. The first-order chi connectivity index (χ1) is 8.97. The molecule has 0 radical (unpaired) electrons. The van der Waals surface area contributed by atoms with Crippen LogP contribution < -0.4 is 5.32 Å². The summed E-state index contributed by atoms with van der Waals surface area (Å²) in [6, 6.07) is 4.75. The van der Waals surface area contributed by atoms with Crippen LogP contribution in [-0.4, -0.2) is 29.8 Å². The predicted molar refractivity (Wildman–Crippen MR) is 77.6 cm³/mol. The van der Waals surface area contributed by atoms with E-state index in [0.717, 1.165) is 0 Å². The maximum Gasteiger partial charge on any atom is 0.233 e. The van der Waals surface area contributed by atoms with Gasteiger partial charge in [0.1, 0.15) is 6.42 Å². The summed E-state index contributed by atoms with van der Waals surface area (Å²) in [7, 11) is 0. The number of nitrogens with zero attached hydrogens (tertiary/aromatic N) is 1. The Kier molecular flexibility index (Phi) is 6.12. The summed E-state index contributed by atoms with van der Waals surface area (Å²) < 4.78 is 0. The van der Waals surface area contributed by atoms with Crippen LogP contribution >= 0.6 is 23.2 Å². The molecule has 0 saturated carbocycles. The number of carbonyl (C=O) groups is 2. The van der Waals surface area contributed by atoms with Crippen LogP contribution in [0.25, 0.3) is 0 Å². The predicted octanol–water partition coefficient (Wildman–Crippen LogP) is 3.19. The van der Waals surface area contributed by atoms with Crippen molar-refractivity contribution in [1.82, 2.24) is 4.90 Å². The number of carbonyl (C=O) groups excluding carboxylic acids is 2. The highest BCUT2D eigenvalue weighted by molar-refractivity contribution is 6.36. The Labute approximate surface area is 122 Å². The molecule has 4 nitrogen and oxygen atoms in total. The molecule has 0 bridgehead atoms. The van der Waals surface area contributed by atoms with E-state index in [9.17, 15) is 9.59 Å². The first-order valence-corrected chi connectivity index (χ1v) is 6.76. The van der Waals surface area contributed by atoms with Crippen molar-refractivity contribution in [2.75, 3.05) is 18.4 Å². The lowest BCUT2D eigenvalue weighted by Crippen LogP contribution is -2.33. The first kappa shape index (κ1) is 15.8. The SMILES string of the molecule is CCN(CC)C(=O)CC(=O)Nc1ccc(Cl)cc1Cl. The zero-order valence-electron chi connectivity index (χ0n) is 10.9. The molecule has 0 fully saturated rings. The van der Waals surface area contributed by atoms with E-state index in [1.807, 2.05) is 13.8 Å². The van der Waals surface area contributed by atoms with Crippen LogP contribution in [0, 0.1) is 0 Å². The van der Waals surface area contributed by atoms with Gasteiger partial charge in [-0.15, -0.1) is 0 Å². The molecular formula is C13H16Cl2N2O2. The average Bonchev–Trinajstić information content (AvgIpc) is 2.34. The second-order valence-corrected chi connectivity index (χ2v) is 4.76. The van der Waals surface area contributed by atoms with Gasteiger partial charge in [0.2, 0.25) is 11.8 Å². The minimum absolute atomic E-state index is 0.194. The van der Waals surface area contributed by atoms with Crippen molar-refractivity contribution < 1.29 is 9.59 Å². The minimum Gasteiger partial charge on any atom is -0.343 e. The van der Waals surface area contributed by atoms with Crippen LogP contribution in [0.5, 0.6) is 0 Å². The van der Waals surface area contributed by atoms with Gasteiger partial charge >= 0.3 is 0 Å². The summed E-state index contributed by atoms with van der Waals surface area (Å²) in [5.74, 6) is -0.589. The topological polar surface area (TPSA) is 49.4 Å². The van der Waals surface area contributed by atoms with E-state index in [1.165, 1.54) is 6.07 Å². The van der Waals surface area contributed by atoms with Crippen molar-refractivity contribution in [3.05, 3.63) is 28.2 Å².